The number of hydrogen-bond acceptors (Lipinski definition) is 6. The third-order valence-electron chi connectivity index (χ3n) is 3.26. The molecule has 0 spiro atoms. The lowest BCUT2D eigenvalue weighted by molar-refractivity contribution is 0.0242. The zero-order chi connectivity index (χ0) is 17.0. The largest absolute Gasteiger partial charge is 0.444 e. The normalized spacial score (nSPS) is 18.3. The molecule has 1 unspecified atom stereocenters. The Bertz CT molecular complexity index is 566. The van der Waals surface area contributed by atoms with Gasteiger partial charge in [0.05, 0.1) is 0 Å². The molecule has 1 saturated heterocycles. The number of ether oxygens (including phenoxy) is 1. The van der Waals surface area contributed by atoms with Gasteiger partial charge in [0.1, 0.15) is 15.8 Å². The van der Waals surface area contributed by atoms with Crippen LogP contribution >= 0.6 is 35.1 Å². The van der Waals surface area contributed by atoms with Crippen molar-refractivity contribution in [2.75, 3.05) is 18.6 Å². The van der Waals surface area contributed by atoms with Crippen LogP contribution < -0.4 is 0 Å². The van der Waals surface area contributed by atoms with E-state index in [2.05, 4.69) is 9.97 Å². The number of likely N-dealkylation sites (tertiary alicyclic amines) is 1. The van der Waals surface area contributed by atoms with Crippen LogP contribution in [-0.2, 0) is 4.74 Å². The first-order chi connectivity index (χ1) is 10.8. The molecule has 5 nitrogen and oxygen atoms in total. The Morgan fingerprint density at radius 3 is 2.87 bits per heavy atom. The summed E-state index contributed by atoms with van der Waals surface area (Å²) in [4.78, 5) is 22.7. The molecule has 1 fully saturated rings. The fourth-order valence-electron chi connectivity index (χ4n) is 2.29. The van der Waals surface area contributed by atoms with Gasteiger partial charge in [-0.25, -0.2) is 14.8 Å². The zero-order valence-electron chi connectivity index (χ0n) is 13.8. The maximum Gasteiger partial charge on any atom is 0.410 e. The highest BCUT2D eigenvalue weighted by molar-refractivity contribution is 7.99. The first-order valence-electron chi connectivity index (χ1n) is 7.49. The number of carbonyl (C=O) groups excluding carboxylic acids is 1. The predicted octanol–water partition coefficient (Wildman–Crippen LogP) is 4.34. The van der Waals surface area contributed by atoms with E-state index in [-0.39, 0.29) is 12.1 Å². The highest BCUT2D eigenvalue weighted by Gasteiger charge is 2.32. The average molecular weight is 376 g/mol. The van der Waals surface area contributed by atoms with Gasteiger partial charge in [0.2, 0.25) is 0 Å². The molecule has 2 heterocycles. The lowest BCUT2D eigenvalue weighted by Gasteiger charge is -2.28. The highest BCUT2D eigenvalue weighted by Crippen LogP contribution is 2.28. The standard InChI is InChI=1S/C15H22ClN3O2S2/c1-15(2,3)21-14(20)19-7-5-6-10(19)9-23-12-8-11(16)17-13(18-12)22-4/h8,10H,5-7,9H2,1-4H3. The van der Waals surface area contributed by atoms with Gasteiger partial charge in [0.25, 0.3) is 0 Å². The molecule has 1 atom stereocenters. The van der Waals surface area contributed by atoms with Crippen LogP contribution in [0.15, 0.2) is 16.2 Å². The minimum atomic E-state index is -0.467. The molecule has 0 N–H and O–H groups in total. The Labute approximate surface area is 150 Å². The minimum absolute atomic E-state index is 0.168. The molecule has 23 heavy (non-hydrogen) atoms. The van der Waals surface area contributed by atoms with E-state index >= 15 is 0 Å². The second kappa shape index (κ2) is 7.94. The minimum Gasteiger partial charge on any atom is -0.444 e. The maximum absolute atomic E-state index is 12.3. The lowest BCUT2D eigenvalue weighted by atomic mass is 10.2. The molecule has 1 aromatic rings. The first-order valence-corrected chi connectivity index (χ1v) is 10.1. The second-order valence-electron chi connectivity index (χ2n) is 6.30. The molecule has 1 aromatic heterocycles. The van der Waals surface area contributed by atoms with Crippen molar-refractivity contribution in [3.63, 3.8) is 0 Å². The van der Waals surface area contributed by atoms with E-state index in [0.29, 0.717) is 10.3 Å². The topological polar surface area (TPSA) is 55.3 Å². The highest BCUT2D eigenvalue weighted by atomic mass is 35.5. The third-order valence-corrected chi connectivity index (χ3v) is 5.06. The summed E-state index contributed by atoms with van der Waals surface area (Å²) in [5, 5.41) is 1.95. The first kappa shape index (κ1) is 18.7. The summed E-state index contributed by atoms with van der Waals surface area (Å²) in [6, 6.07) is 1.93. The number of carbonyl (C=O) groups is 1. The Balaban J connectivity index is 1.96. The molecule has 0 bridgehead atoms. The number of aromatic nitrogens is 2. The van der Waals surface area contributed by atoms with Crippen molar-refractivity contribution in [2.24, 2.45) is 0 Å². The van der Waals surface area contributed by atoms with Gasteiger partial charge < -0.3 is 9.64 Å². The molecular weight excluding hydrogens is 354 g/mol. The number of amides is 1. The van der Waals surface area contributed by atoms with Gasteiger partial charge in [-0.3, -0.25) is 0 Å². The molecule has 8 heteroatoms. The van der Waals surface area contributed by atoms with Gasteiger partial charge in [-0.05, 0) is 39.9 Å². The Morgan fingerprint density at radius 1 is 1.48 bits per heavy atom. The molecule has 0 radical (unpaired) electrons. The van der Waals surface area contributed by atoms with Crippen LogP contribution in [0.1, 0.15) is 33.6 Å². The monoisotopic (exact) mass is 375 g/mol. The fourth-order valence-corrected chi connectivity index (χ4v) is 4.08. The van der Waals surface area contributed by atoms with E-state index in [4.69, 9.17) is 16.3 Å². The van der Waals surface area contributed by atoms with Crippen molar-refractivity contribution < 1.29 is 9.53 Å². The quantitative estimate of drug-likeness (QED) is 0.443. The van der Waals surface area contributed by atoms with Gasteiger partial charge in [-0.15, -0.1) is 11.8 Å². The molecule has 1 aliphatic heterocycles. The van der Waals surface area contributed by atoms with E-state index < -0.39 is 5.60 Å². The number of halogens is 1. The van der Waals surface area contributed by atoms with Crippen LogP contribution in [0.4, 0.5) is 4.79 Å². The number of rotatable bonds is 4. The van der Waals surface area contributed by atoms with Crippen LogP contribution in [0.2, 0.25) is 5.15 Å². The number of hydrogen-bond donors (Lipinski definition) is 0. The Hall–Kier alpha value is -0.660. The zero-order valence-corrected chi connectivity index (χ0v) is 16.2. The van der Waals surface area contributed by atoms with Gasteiger partial charge in [0.15, 0.2) is 5.16 Å². The van der Waals surface area contributed by atoms with Crippen molar-refractivity contribution in [3.8, 4) is 0 Å². The smallest absolute Gasteiger partial charge is 0.410 e. The van der Waals surface area contributed by atoms with Gasteiger partial charge in [-0.1, -0.05) is 23.4 Å². The Kier molecular flexibility index (Phi) is 6.45. The molecule has 128 valence electrons. The SMILES string of the molecule is CSc1nc(Cl)cc(SCC2CCCN2C(=O)OC(C)(C)C)n1. The summed E-state index contributed by atoms with van der Waals surface area (Å²) >= 11 is 9.08. The van der Waals surface area contributed by atoms with Crippen LogP contribution in [0.25, 0.3) is 0 Å². The number of nitrogens with zero attached hydrogens (tertiary/aromatic N) is 3. The summed E-state index contributed by atoms with van der Waals surface area (Å²) in [5.74, 6) is 0.778. The van der Waals surface area contributed by atoms with Crippen LogP contribution in [0.3, 0.4) is 0 Å². The molecule has 0 saturated carbocycles. The van der Waals surface area contributed by atoms with Crippen molar-refractivity contribution in [1.29, 1.82) is 0 Å². The van der Waals surface area contributed by atoms with Gasteiger partial charge >= 0.3 is 6.09 Å². The van der Waals surface area contributed by atoms with Crippen LogP contribution in [0, 0.1) is 0 Å². The second-order valence-corrected chi connectivity index (χ2v) is 8.50. The van der Waals surface area contributed by atoms with Crippen LogP contribution in [-0.4, -0.2) is 51.2 Å². The predicted molar refractivity (Wildman–Crippen MR) is 95.5 cm³/mol. The van der Waals surface area contributed by atoms with E-state index in [1.54, 1.807) is 17.8 Å². The lowest BCUT2D eigenvalue weighted by Crippen LogP contribution is -2.40. The van der Waals surface area contributed by atoms with Gasteiger partial charge in [-0.2, -0.15) is 0 Å². The maximum atomic E-state index is 12.3. The van der Waals surface area contributed by atoms with Crippen molar-refractivity contribution >= 4 is 41.2 Å². The van der Waals surface area contributed by atoms with Crippen LogP contribution in [0.5, 0.6) is 0 Å². The molecule has 0 aromatic carbocycles. The number of thioether (sulfide) groups is 2. The molecule has 2 rings (SSSR count). The summed E-state index contributed by atoms with van der Waals surface area (Å²) in [7, 11) is 0. The summed E-state index contributed by atoms with van der Waals surface area (Å²) < 4.78 is 5.49. The van der Waals surface area contributed by atoms with E-state index in [1.807, 2.05) is 31.9 Å². The van der Waals surface area contributed by atoms with E-state index in [1.165, 1.54) is 11.8 Å². The van der Waals surface area contributed by atoms with Crippen molar-refractivity contribution in [3.05, 3.63) is 11.2 Å². The van der Waals surface area contributed by atoms with Crippen molar-refractivity contribution in [2.45, 2.75) is 55.4 Å². The third kappa shape index (κ3) is 5.72. The summed E-state index contributed by atoms with van der Waals surface area (Å²) in [6.45, 7) is 6.41. The molecule has 0 aliphatic carbocycles. The average Bonchev–Trinajstić information content (AvgIpc) is 2.91. The Morgan fingerprint density at radius 2 is 2.22 bits per heavy atom. The molecule has 1 amide bonds. The van der Waals surface area contributed by atoms with Crippen molar-refractivity contribution in [1.82, 2.24) is 14.9 Å². The van der Waals surface area contributed by atoms with Gasteiger partial charge in [0, 0.05) is 24.4 Å². The molecular formula is C15H22ClN3O2S2. The summed E-state index contributed by atoms with van der Waals surface area (Å²) in [6.07, 6.45) is 3.68. The fraction of sp³-hybridized carbons (Fsp3) is 0.667. The van der Waals surface area contributed by atoms with E-state index in [9.17, 15) is 4.79 Å². The molecule has 1 aliphatic rings. The summed E-state index contributed by atoms with van der Waals surface area (Å²) in [5.41, 5.74) is -0.467. The van der Waals surface area contributed by atoms with E-state index in [0.717, 1.165) is 30.2 Å².